The van der Waals surface area contributed by atoms with E-state index in [9.17, 15) is 13.2 Å². The van der Waals surface area contributed by atoms with Crippen molar-refractivity contribution < 1.29 is 17.9 Å². The maximum atomic E-state index is 13.6. The number of alkyl halides is 3. The summed E-state index contributed by atoms with van der Waals surface area (Å²) in [6, 6.07) is 6.83. The Morgan fingerprint density at radius 1 is 1.27 bits per heavy atom. The van der Waals surface area contributed by atoms with Gasteiger partial charge in [-0.3, -0.25) is 4.90 Å². The Morgan fingerprint density at radius 2 is 1.88 bits per heavy atom. The smallest absolute Gasteiger partial charge is 0.373 e. The van der Waals surface area contributed by atoms with Gasteiger partial charge in [0.05, 0.1) is 26.6 Å². The number of morpholine rings is 1. The molecule has 1 saturated heterocycles. The molecule has 1 aliphatic rings. The first-order valence-corrected chi connectivity index (χ1v) is 11.5. The lowest BCUT2D eigenvalue weighted by molar-refractivity contribution is -0.139. The predicted octanol–water partition coefficient (Wildman–Crippen LogP) is 5.49. The summed E-state index contributed by atoms with van der Waals surface area (Å²) in [6.45, 7) is 11.3. The molecule has 0 N–H and O–H groups in total. The van der Waals surface area contributed by atoms with Crippen molar-refractivity contribution in [2.45, 2.75) is 63.7 Å². The van der Waals surface area contributed by atoms with Gasteiger partial charge < -0.3 is 4.74 Å². The Balaban J connectivity index is 2.30. The maximum absolute atomic E-state index is 13.6. The van der Waals surface area contributed by atoms with Crippen molar-refractivity contribution in [3.63, 3.8) is 0 Å². The second kappa shape index (κ2) is 9.20. The van der Waals surface area contributed by atoms with Crippen molar-refractivity contribution in [3.05, 3.63) is 47.7 Å². The zero-order chi connectivity index (χ0) is 19.3. The third kappa shape index (κ3) is 5.69. The monoisotopic (exact) mass is 384 g/mol. The van der Waals surface area contributed by atoms with Crippen molar-refractivity contribution in [2.24, 2.45) is 0 Å². The molecule has 145 valence electrons. The third-order valence-electron chi connectivity index (χ3n) is 4.91. The summed E-state index contributed by atoms with van der Waals surface area (Å²) in [4.78, 5) is 2.18. The van der Waals surface area contributed by atoms with Crippen molar-refractivity contribution in [3.8, 4) is 0 Å². The fourth-order valence-corrected chi connectivity index (χ4v) is 4.69. The number of benzene rings is 1. The van der Waals surface area contributed by atoms with Crippen LogP contribution in [0.5, 0.6) is 0 Å². The van der Waals surface area contributed by atoms with E-state index in [1.807, 2.05) is 19.5 Å². The third-order valence-corrected chi connectivity index (χ3v) is 6.75. The van der Waals surface area contributed by atoms with Gasteiger partial charge in [-0.25, -0.2) is 0 Å². The Bertz CT molecular complexity index is 583. The molecule has 6 heteroatoms. The summed E-state index contributed by atoms with van der Waals surface area (Å²) in [6.07, 6.45) is -2.65. The average molecular weight is 385 g/mol. The van der Waals surface area contributed by atoms with Gasteiger partial charge >= 0.3 is 6.18 Å². The summed E-state index contributed by atoms with van der Waals surface area (Å²) in [7, 11) is -0.597. The summed E-state index contributed by atoms with van der Waals surface area (Å²) in [5, 5.41) is 0. The van der Waals surface area contributed by atoms with Gasteiger partial charge in [0, 0.05) is 19.1 Å². The van der Waals surface area contributed by atoms with Crippen LogP contribution in [0, 0.1) is 0 Å². The topological polar surface area (TPSA) is 12.5 Å². The highest BCUT2D eigenvalue weighted by Crippen LogP contribution is 2.39. The van der Waals surface area contributed by atoms with Gasteiger partial charge in [0.25, 0.3) is 0 Å². The van der Waals surface area contributed by atoms with Crippen LogP contribution in [0.4, 0.5) is 13.2 Å². The molecule has 0 amide bonds. The molecule has 3 atom stereocenters. The van der Waals surface area contributed by atoms with Crippen molar-refractivity contribution >= 4 is 8.80 Å². The van der Waals surface area contributed by atoms with Crippen LogP contribution >= 0.6 is 0 Å². The van der Waals surface area contributed by atoms with E-state index in [2.05, 4.69) is 18.0 Å². The van der Waals surface area contributed by atoms with Crippen LogP contribution in [-0.2, 0) is 10.9 Å². The second-order valence-corrected chi connectivity index (χ2v) is 9.86. The number of nitrogens with zero attached hydrogens (tertiary/aromatic N) is 1. The minimum atomic E-state index is -4.33. The molecular formula is C20H29F3NOSi. The minimum absolute atomic E-state index is 0.0262. The van der Waals surface area contributed by atoms with Gasteiger partial charge in [-0.15, -0.1) is 12.3 Å². The molecule has 3 unspecified atom stereocenters. The number of rotatable bonds is 7. The quantitative estimate of drug-likeness (QED) is 0.577. The zero-order valence-electron chi connectivity index (χ0n) is 15.9. The van der Waals surface area contributed by atoms with Gasteiger partial charge in [-0.05, 0) is 31.9 Å². The maximum Gasteiger partial charge on any atom is 0.416 e. The van der Waals surface area contributed by atoms with E-state index in [0.717, 1.165) is 18.9 Å². The molecular weight excluding hydrogens is 355 g/mol. The molecule has 0 aliphatic carbocycles. The Morgan fingerprint density at radius 3 is 2.46 bits per heavy atom. The van der Waals surface area contributed by atoms with E-state index < -0.39 is 20.5 Å². The van der Waals surface area contributed by atoms with Crippen LogP contribution in [0.25, 0.3) is 0 Å². The number of hydrogen-bond donors (Lipinski definition) is 0. The average Bonchev–Trinajstić information content (AvgIpc) is 2.56. The van der Waals surface area contributed by atoms with Crippen LogP contribution in [0.1, 0.15) is 43.9 Å². The van der Waals surface area contributed by atoms with Crippen LogP contribution in [0.3, 0.4) is 0 Å². The van der Waals surface area contributed by atoms with Crippen LogP contribution < -0.4 is 0 Å². The fraction of sp³-hybridized carbons (Fsp3) is 0.600. The number of halogens is 3. The first-order valence-electron chi connectivity index (χ1n) is 9.22. The lowest BCUT2D eigenvalue weighted by atomic mass is 9.94. The van der Waals surface area contributed by atoms with Gasteiger partial charge in [0.1, 0.15) is 0 Å². The van der Waals surface area contributed by atoms with Crippen molar-refractivity contribution in [1.29, 1.82) is 0 Å². The van der Waals surface area contributed by atoms with Crippen molar-refractivity contribution in [1.82, 2.24) is 4.90 Å². The molecule has 1 radical (unpaired) electrons. The normalized spacial score (nSPS) is 23.2. The molecule has 1 aromatic rings. The van der Waals surface area contributed by atoms with Gasteiger partial charge in [-0.1, -0.05) is 37.2 Å². The van der Waals surface area contributed by atoms with E-state index in [4.69, 9.17) is 4.74 Å². The largest absolute Gasteiger partial charge is 0.416 e. The minimum Gasteiger partial charge on any atom is -0.373 e. The van der Waals surface area contributed by atoms with E-state index >= 15 is 0 Å². The second-order valence-electron chi connectivity index (χ2n) is 7.25. The zero-order valence-corrected chi connectivity index (χ0v) is 16.9. The van der Waals surface area contributed by atoms with E-state index in [1.54, 1.807) is 12.1 Å². The fourth-order valence-electron chi connectivity index (χ4n) is 3.73. The first-order chi connectivity index (χ1) is 12.2. The van der Waals surface area contributed by atoms with Crippen LogP contribution in [0.2, 0.25) is 12.6 Å². The summed E-state index contributed by atoms with van der Waals surface area (Å²) < 4.78 is 46.5. The molecule has 1 aromatic carbocycles. The molecule has 0 spiro atoms. The molecule has 1 heterocycles. The summed E-state index contributed by atoms with van der Waals surface area (Å²) in [5.74, 6) is 0. The molecule has 0 saturated carbocycles. The molecule has 26 heavy (non-hydrogen) atoms. The highest BCUT2D eigenvalue weighted by atomic mass is 28.3. The Hall–Kier alpha value is -1.11. The summed E-state index contributed by atoms with van der Waals surface area (Å²) in [5.41, 5.74) is 1.88. The van der Waals surface area contributed by atoms with E-state index in [0.29, 0.717) is 18.7 Å². The highest BCUT2D eigenvalue weighted by Gasteiger charge is 2.37. The highest BCUT2D eigenvalue weighted by molar-refractivity contribution is 6.62. The Labute approximate surface area is 156 Å². The van der Waals surface area contributed by atoms with Crippen molar-refractivity contribution in [2.75, 3.05) is 13.1 Å². The van der Waals surface area contributed by atoms with Gasteiger partial charge in [0.15, 0.2) is 0 Å². The Kier molecular flexibility index (Phi) is 7.49. The van der Waals surface area contributed by atoms with Gasteiger partial charge in [-0.2, -0.15) is 13.2 Å². The van der Waals surface area contributed by atoms with Crippen LogP contribution in [-0.4, -0.2) is 39.0 Å². The molecule has 0 bridgehead atoms. The molecule has 2 rings (SSSR count). The van der Waals surface area contributed by atoms with E-state index in [-0.39, 0.29) is 18.2 Å². The molecule has 1 fully saturated rings. The lowest BCUT2D eigenvalue weighted by Gasteiger charge is -2.41. The summed E-state index contributed by atoms with van der Waals surface area (Å²) >= 11 is 0. The lowest BCUT2D eigenvalue weighted by Crippen LogP contribution is -2.47. The van der Waals surface area contributed by atoms with E-state index in [1.165, 1.54) is 12.1 Å². The number of hydrogen-bond acceptors (Lipinski definition) is 2. The first kappa shape index (κ1) is 21.2. The van der Waals surface area contributed by atoms with Gasteiger partial charge in [0.2, 0.25) is 0 Å². The molecule has 1 aliphatic heterocycles. The SMILES string of the molecule is C=C[Si](C)CCCC(c1ccccc1C(F)(F)F)N1CC(C)OC(C)C1. The standard InChI is InChI=1S/C20H29F3NOSi/c1-5-26(4)12-8-11-19(24-13-15(2)25-16(3)14-24)17-9-6-7-10-18(17)20(21,22)23/h5-7,9-10,15-16,19H,1,8,11-14H2,2-4H3. The predicted molar refractivity (Wildman–Crippen MR) is 102 cm³/mol. The number of ether oxygens (including phenoxy) is 1. The van der Waals surface area contributed by atoms with Crippen LogP contribution in [0.15, 0.2) is 36.5 Å². The molecule has 0 aromatic heterocycles. The molecule has 2 nitrogen and oxygen atoms in total.